The summed E-state index contributed by atoms with van der Waals surface area (Å²) in [5.74, 6) is 2.29. The molecule has 6 N–H and O–H groups in total. The highest BCUT2D eigenvalue weighted by molar-refractivity contribution is 6.05. The third kappa shape index (κ3) is 4.62. The highest BCUT2D eigenvalue weighted by Gasteiger charge is 2.23. The molecule has 0 amide bonds. The van der Waals surface area contributed by atoms with Crippen molar-refractivity contribution in [1.82, 2.24) is 4.98 Å². The Morgan fingerprint density at radius 1 is 1.13 bits per heavy atom. The number of hydrogen-bond donors (Lipinski definition) is 4. The second-order valence-corrected chi connectivity index (χ2v) is 7.78. The van der Waals surface area contributed by atoms with Crippen LogP contribution in [0.1, 0.15) is 18.4 Å². The zero-order valence-corrected chi connectivity index (χ0v) is 17.3. The Morgan fingerprint density at radius 2 is 1.84 bits per heavy atom. The fourth-order valence-corrected chi connectivity index (χ4v) is 3.93. The SMILES string of the molecule is N=C(N)c1c(N)cc(N2CCCC(CO)C2)nc1-c1ccc(Oc2ccccc2)cc1. The molecule has 0 spiro atoms. The number of piperidine rings is 1. The Kier molecular flexibility index (Phi) is 6.04. The van der Waals surface area contributed by atoms with Gasteiger partial charge in [-0.15, -0.1) is 0 Å². The van der Waals surface area contributed by atoms with Crippen LogP contribution in [0.2, 0.25) is 0 Å². The van der Waals surface area contributed by atoms with Gasteiger partial charge in [-0.2, -0.15) is 0 Å². The van der Waals surface area contributed by atoms with E-state index in [9.17, 15) is 5.11 Å². The number of aliphatic hydroxyl groups excluding tert-OH is 1. The molecule has 2 aromatic carbocycles. The van der Waals surface area contributed by atoms with Crippen LogP contribution in [0.3, 0.4) is 0 Å². The van der Waals surface area contributed by atoms with Gasteiger partial charge < -0.3 is 26.2 Å². The summed E-state index contributed by atoms with van der Waals surface area (Å²) in [5, 5.41) is 17.6. The van der Waals surface area contributed by atoms with Crippen molar-refractivity contribution in [3.63, 3.8) is 0 Å². The van der Waals surface area contributed by atoms with Crippen LogP contribution >= 0.6 is 0 Å². The maximum Gasteiger partial charge on any atom is 0.131 e. The van der Waals surface area contributed by atoms with Gasteiger partial charge in [0.2, 0.25) is 0 Å². The van der Waals surface area contributed by atoms with E-state index in [-0.39, 0.29) is 18.4 Å². The molecule has 160 valence electrons. The number of amidine groups is 1. The first-order valence-electron chi connectivity index (χ1n) is 10.4. The molecule has 1 unspecified atom stereocenters. The van der Waals surface area contributed by atoms with E-state index in [1.54, 1.807) is 6.07 Å². The van der Waals surface area contributed by atoms with Gasteiger partial charge in [-0.3, -0.25) is 5.41 Å². The van der Waals surface area contributed by atoms with Crippen molar-refractivity contribution in [3.05, 3.63) is 66.2 Å². The highest BCUT2D eigenvalue weighted by Crippen LogP contribution is 2.33. The van der Waals surface area contributed by atoms with Gasteiger partial charge in [-0.1, -0.05) is 18.2 Å². The van der Waals surface area contributed by atoms with E-state index in [0.717, 1.165) is 43.1 Å². The minimum Gasteiger partial charge on any atom is -0.457 e. The lowest BCUT2D eigenvalue weighted by Gasteiger charge is -2.33. The first-order valence-corrected chi connectivity index (χ1v) is 10.4. The molecule has 7 heteroatoms. The van der Waals surface area contributed by atoms with Crippen molar-refractivity contribution in [3.8, 4) is 22.8 Å². The fraction of sp³-hybridized carbons (Fsp3) is 0.250. The number of anilines is 2. The summed E-state index contributed by atoms with van der Waals surface area (Å²) in [6.45, 7) is 1.74. The molecule has 0 bridgehead atoms. The molecule has 1 atom stereocenters. The van der Waals surface area contributed by atoms with E-state index in [4.69, 9.17) is 26.6 Å². The summed E-state index contributed by atoms with van der Waals surface area (Å²) in [6.07, 6.45) is 1.99. The summed E-state index contributed by atoms with van der Waals surface area (Å²) in [5.41, 5.74) is 14.4. The van der Waals surface area contributed by atoms with Crippen LogP contribution in [-0.4, -0.2) is 35.6 Å². The van der Waals surface area contributed by atoms with E-state index in [1.165, 1.54) is 0 Å². The lowest BCUT2D eigenvalue weighted by molar-refractivity contribution is 0.208. The van der Waals surface area contributed by atoms with Gasteiger partial charge in [0.25, 0.3) is 0 Å². The predicted molar refractivity (Wildman–Crippen MR) is 124 cm³/mol. The van der Waals surface area contributed by atoms with Gasteiger partial charge in [-0.25, -0.2) is 4.98 Å². The Balaban J connectivity index is 1.67. The quantitative estimate of drug-likeness (QED) is 0.359. The van der Waals surface area contributed by atoms with E-state index >= 15 is 0 Å². The van der Waals surface area contributed by atoms with E-state index in [1.807, 2.05) is 54.6 Å². The molecule has 1 aliphatic heterocycles. The second kappa shape index (κ2) is 9.06. The van der Waals surface area contributed by atoms with Gasteiger partial charge in [0.15, 0.2) is 0 Å². The molecule has 31 heavy (non-hydrogen) atoms. The van der Waals surface area contributed by atoms with E-state index in [2.05, 4.69) is 4.90 Å². The minimum atomic E-state index is -0.122. The monoisotopic (exact) mass is 417 g/mol. The Hall–Kier alpha value is -3.58. The largest absolute Gasteiger partial charge is 0.457 e. The lowest BCUT2D eigenvalue weighted by atomic mass is 9.98. The third-order valence-corrected chi connectivity index (χ3v) is 5.51. The smallest absolute Gasteiger partial charge is 0.131 e. The van der Waals surface area contributed by atoms with Gasteiger partial charge in [0.1, 0.15) is 23.2 Å². The van der Waals surface area contributed by atoms with Crippen LogP contribution in [0.4, 0.5) is 11.5 Å². The van der Waals surface area contributed by atoms with E-state index in [0.29, 0.717) is 22.7 Å². The number of aliphatic hydroxyl groups is 1. The number of benzene rings is 2. The van der Waals surface area contributed by atoms with Crippen LogP contribution in [-0.2, 0) is 0 Å². The molecule has 1 aromatic heterocycles. The van der Waals surface area contributed by atoms with Crippen molar-refractivity contribution in [2.75, 3.05) is 30.3 Å². The molecule has 1 fully saturated rings. The zero-order chi connectivity index (χ0) is 21.8. The number of nitrogens with zero attached hydrogens (tertiary/aromatic N) is 2. The summed E-state index contributed by atoms with van der Waals surface area (Å²) in [7, 11) is 0. The van der Waals surface area contributed by atoms with E-state index < -0.39 is 0 Å². The number of nitrogens with one attached hydrogen (secondary N) is 1. The zero-order valence-electron chi connectivity index (χ0n) is 17.3. The van der Waals surface area contributed by atoms with Crippen LogP contribution in [0, 0.1) is 11.3 Å². The maximum atomic E-state index is 9.56. The molecule has 1 aliphatic rings. The first-order chi connectivity index (χ1) is 15.0. The number of hydrogen-bond acceptors (Lipinski definition) is 6. The topological polar surface area (TPSA) is 121 Å². The van der Waals surface area contributed by atoms with Gasteiger partial charge in [-0.05, 0) is 55.2 Å². The Morgan fingerprint density at radius 3 is 2.52 bits per heavy atom. The third-order valence-electron chi connectivity index (χ3n) is 5.51. The van der Waals surface area contributed by atoms with Crippen molar-refractivity contribution < 1.29 is 9.84 Å². The Labute approximate surface area is 181 Å². The fourth-order valence-electron chi connectivity index (χ4n) is 3.93. The number of rotatable bonds is 6. The molecular formula is C24H27N5O2. The number of nitrogen functional groups attached to an aromatic ring is 2. The molecule has 4 rings (SSSR count). The molecule has 1 saturated heterocycles. The lowest BCUT2D eigenvalue weighted by Crippen LogP contribution is -2.37. The summed E-state index contributed by atoms with van der Waals surface area (Å²) >= 11 is 0. The number of aromatic nitrogens is 1. The standard InChI is InChI=1S/C24H27N5O2/c25-20-13-21(29-12-4-5-16(14-29)15-30)28-23(22(20)24(26)27)17-8-10-19(11-9-17)31-18-6-2-1-3-7-18/h1-3,6-11,13,16,30H,4-5,12,14-15H2,(H2,25,28)(H3,26,27). The van der Waals surface area contributed by atoms with Gasteiger partial charge >= 0.3 is 0 Å². The summed E-state index contributed by atoms with van der Waals surface area (Å²) in [4.78, 5) is 6.97. The number of ether oxygens (including phenoxy) is 1. The van der Waals surface area contributed by atoms with Crippen molar-refractivity contribution >= 4 is 17.3 Å². The molecule has 0 saturated carbocycles. The molecular weight excluding hydrogens is 390 g/mol. The van der Waals surface area contributed by atoms with Gasteiger partial charge in [0.05, 0.1) is 11.3 Å². The van der Waals surface area contributed by atoms with Gasteiger partial charge in [0, 0.05) is 37.0 Å². The average molecular weight is 418 g/mol. The number of para-hydroxylation sites is 1. The van der Waals surface area contributed by atoms with Crippen molar-refractivity contribution in [2.45, 2.75) is 12.8 Å². The number of nitrogens with two attached hydrogens (primary N) is 2. The van der Waals surface area contributed by atoms with Crippen molar-refractivity contribution in [1.29, 1.82) is 5.41 Å². The molecule has 3 aromatic rings. The predicted octanol–water partition coefficient (Wildman–Crippen LogP) is 3.62. The molecule has 7 nitrogen and oxygen atoms in total. The van der Waals surface area contributed by atoms with Crippen LogP contribution in [0.25, 0.3) is 11.3 Å². The average Bonchev–Trinajstić information content (AvgIpc) is 2.79. The maximum absolute atomic E-state index is 9.56. The minimum absolute atomic E-state index is 0.122. The molecule has 0 aliphatic carbocycles. The molecule has 2 heterocycles. The normalized spacial score (nSPS) is 16.2. The number of pyridine rings is 1. The Bertz CT molecular complexity index is 1050. The van der Waals surface area contributed by atoms with Crippen LogP contribution in [0.5, 0.6) is 11.5 Å². The second-order valence-electron chi connectivity index (χ2n) is 7.78. The summed E-state index contributed by atoms with van der Waals surface area (Å²) < 4.78 is 5.87. The summed E-state index contributed by atoms with van der Waals surface area (Å²) in [6, 6.07) is 18.8. The van der Waals surface area contributed by atoms with Crippen LogP contribution < -0.4 is 21.1 Å². The molecule has 0 radical (unpaired) electrons. The first kappa shape index (κ1) is 20.7. The highest BCUT2D eigenvalue weighted by atomic mass is 16.5. The van der Waals surface area contributed by atoms with Crippen molar-refractivity contribution in [2.24, 2.45) is 11.7 Å². The van der Waals surface area contributed by atoms with Crippen LogP contribution in [0.15, 0.2) is 60.7 Å².